The Morgan fingerprint density at radius 1 is 1.35 bits per heavy atom. The van der Waals surface area contributed by atoms with Crippen molar-refractivity contribution < 1.29 is 4.79 Å². The molecular weight excluding hydrogens is 346 g/mol. The van der Waals surface area contributed by atoms with Crippen molar-refractivity contribution >= 4 is 37.8 Å². The topological polar surface area (TPSA) is 29.1 Å². The summed E-state index contributed by atoms with van der Waals surface area (Å²) in [6.07, 6.45) is 0.895. The minimum Gasteiger partial charge on any atom is -0.347 e. The molecule has 0 unspecified atom stereocenters. The fraction of sp³-hybridized carbons (Fsp3) is 0.462. The lowest BCUT2D eigenvalue weighted by Crippen LogP contribution is -2.43. The summed E-state index contributed by atoms with van der Waals surface area (Å²) < 4.78 is 0.931. The SMILES string of the molecule is Cc1cc(Br)cc(C(=O)NC(C)(C)CCBr)c1. The number of alkyl halides is 1. The van der Waals surface area contributed by atoms with Crippen LogP contribution in [0.4, 0.5) is 0 Å². The number of nitrogens with one attached hydrogen (secondary N) is 1. The fourth-order valence-electron chi connectivity index (χ4n) is 1.55. The van der Waals surface area contributed by atoms with E-state index in [-0.39, 0.29) is 11.4 Å². The molecule has 0 aliphatic heterocycles. The number of aryl methyl sites for hydroxylation is 1. The molecule has 17 heavy (non-hydrogen) atoms. The number of halogens is 2. The van der Waals surface area contributed by atoms with E-state index in [9.17, 15) is 4.79 Å². The van der Waals surface area contributed by atoms with Crippen LogP contribution in [0.2, 0.25) is 0 Å². The Bertz CT molecular complexity index is 396. The molecule has 2 nitrogen and oxygen atoms in total. The first kappa shape index (κ1) is 14.7. The van der Waals surface area contributed by atoms with Gasteiger partial charge in [-0.15, -0.1) is 0 Å². The number of carbonyl (C=O) groups is 1. The molecule has 4 heteroatoms. The maximum Gasteiger partial charge on any atom is 0.251 e. The van der Waals surface area contributed by atoms with Crippen LogP contribution in [0.5, 0.6) is 0 Å². The minimum atomic E-state index is -0.198. The lowest BCUT2D eigenvalue weighted by Gasteiger charge is -2.25. The highest BCUT2D eigenvalue weighted by Gasteiger charge is 2.20. The predicted molar refractivity (Wildman–Crippen MR) is 78.8 cm³/mol. The van der Waals surface area contributed by atoms with Gasteiger partial charge in [-0.05, 0) is 51.0 Å². The second kappa shape index (κ2) is 6.01. The van der Waals surface area contributed by atoms with Gasteiger partial charge in [0, 0.05) is 20.9 Å². The Hall–Kier alpha value is -0.350. The van der Waals surface area contributed by atoms with Crippen molar-refractivity contribution in [2.45, 2.75) is 32.7 Å². The Balaban J connectivity index is 2.83. The molecule has 1 aromatic rings. The maximum absolute atomic E-state index is 12.1. The minimum absolute atomic E-state index is 0.0275. The van der Waals surface area contributed by atoms with Crippen molar-refractivity contribution in [3.8, 4) is 0 Å². The van der Waals surface area contributed by atoms with Crippen LogP contribution in [0.25, 0.3) is 0 Å². The van der Waals surface area contributed by atoms with Crippen LogP contribution < -0.4 is 5.32 Å². The van der Waals surface area contributed by atoms with Crippen LogP contribution in [0.15, 0.2) is 22.7 Å². The van der Waals surface area contributed by atoms with Crippen molar-refractivity contribution in [1.29, 1.82) is 0 Å². The van der Waals surface area contributed by atoms with Gasteiger partial charge in [0.15, 0.2) is 0 Å². The fourth-order valence-corrected chi connectivity index (χ4v) is 3.14. The molecule has 0 spiro atoms. The molecule has 0 bridgehead atoms. The van der Waals surface area contributed by atoms with E-state index in [4.69, 9.17) is 0 Å². The van der Waals surface area contributed by atoms with Gasteiger partial charge in [-0.1, -0.05) is 31.9 Å². The number of amides is 1. The predicted octanol–water partition coefficient (Wildman–Crippen LogP) is 4.05. The van der Waals surface area contributed by atoms with Gasteiger partial charge in [0.05, 0.1) is 0 Å². The molecule has 1 amide bonds. The van der Waals surface area contributed by atoms with Crippen LogP contribution in [-0.4, -0.2) is 16.8 Å². The lowest BCUT2D eigenvalue weighted by atomic mass is 10.0. The summed E-state index contributed by atoms with van der Waals surface area (Å²) in [5.41, 5.74) is 1.57. The van der Waals surface area contributed by atoms with Gasteiger partial charge in [-0.2, -0.15) is 0 Å². The van der Waals surface area contributed by atoms with E-state index >= 15 is 0 Å². The summed E-state index contributed by atoms with van der Waals surface area (Å²) in [5, 5.41) is 3.91. The highest BCUT2D eigenvalue weighted by Crippen LogP contribution is 2.17. The Labute approximate surface area is 119 Å². The largest absolute Gasteiger partial charge is 0.347 e. The quantitative estimate of drug-likeness (QED) is 0.804. The van der Waals surface area contributed by atoms with Gasteiger partial charge in [0.25, 0.3) is 5.91 Å². The summed E-state index contributed by atoms with van der Waals surface area (Å²) in [6.45, 7) is 6.03. The van der Waals surface area contributed by atoms with Crippen molar-refractivity contribution in [2.75, 3.05) is 5.33 Å². The first-order valence-electron chi connectivity index (χ1n) is 5.50. The summed E-state index contributed by atoms with van der Waals surface area (Å²) in [5.74, 6) is -0.0275. The van der Waals surface area contributed by atoms with E-state index in [0.717, 1.165) is 21.8 Å². The zero-order valence-electron chi connectivity index (χ0n) is 10.3. The first-order valence-corrected chi connectivity index (χ1v) is 7.41. The third-order valence-electron chi connectivity index (χ3n) is 2.48. The van der Waals surface area contributed by atoms with Crippen molar-refractivity contribution in [3.63, 3.8) is 0 Å². The van der Waals surface area contributed by atoms with Gasteiger partial charge in [0.1, 0.15) is 0 Å². The summed E-state index contributed by atoms with van der Waals surface area (Å²) in [4.78, 5) is 12.1. The molecule has 1 aromatic carbocycles. The first-order chi connectivity index (χ1) is 7.84. The third kappa shape index (κ3) is 4.80. The summed E-state index contributed by atoms with van der Waals surface area (Å²) in [7, 11) is 0. The molecule has 94 valence electrons. The van der Waals surface area contributed by atoms with Crippen LogP contribution in [0.3, 0.4) is 0 Å². The third-order valence-corrected chi connectivity index (χ3v) is 3.33. The molecule has 0 fully saturated rings. The van der Waals surface area contributed by atoms with Crippen molar-refractivity contribution in [1.82, 2.24) is 5.32 Å². The van der Waals surface area contributed by atoms with Crippen molar-refractivity contribution in [3.05, 3.63) is 33.8 Å². The van der Waals surface area contributed by atoms with Crippen molar-refractivity contribution in [2.24, 2.45) is 0 Å². The van der Waals surface area contributed by atoms with Crippen LogP contribution in [0.1, 0.15) is 36.2 Å². The number of carbonyl (C=O) groups excluding carboxylic acids is 1. The van der Waals surface area contributed by atoms with E-state index in [1.54, 1.807) is 0 Å². The Morgan fingerprint density at radius 3 is 2.53 bits per heavy atom. The summed E-state index contributed by atoms with van der Waals surface area (Å²) in [6, 6.07) is 5.72. The zero-order valence-corrected chi connectivity index (χ0v) is 13.5. The average molecular weight is 363 g/mol. The molecule has 0 radical (unpaired) electrons. The number of benzene rings is 1. The molecule has 0 aliphatic rings. The second-order valence-corrected chi connectivity index (χ2v) is 6.50. The molecule has 0 saturated heterocycles. The Kier molecular flexibility index (Phi) is 5.20. The van der Waals surface area contributed by atoms with Gasteiger partial charge < -0.3 is 5.32 Å². The maximum atomic E-state index is 12.1. The monoisotopic (exact) mass is 361 g/mol. The molecule has 0 aliphatic carbocycles. The molecule has 0 aromatic heterocycles. The van der Waals surface area contributed by atoms with Crippen LogP contribution in [-0.2, 0) is 0 Å². The normalized spacial score (nSPS) is 11.4. The second-order valence-electron chi connectivity index (χ2n) is 4.79. The van der Waals surface area contributed by atoms with Gasteiger partial charge in [0.2, 0.25) is 0 Å². The van der Waals surface area contributed by atoms with E-state index in [2.05, 4.69) is 37.2 Å². The molecule has 1 N–H and O–H groups in total. The summed E-state index contributed by atoms with van der Waals surface area (Å²) >= 11 is 6.80. The van der Waals surface area contributed by atoms with Gasteiger partial charge in [-0.25, -0.2) is 0 Å². The highest BCUT2D eigenvalue weighted by molar-refractivity contribution is 9.10. The smallest absolute Gasteiger partial charge is 0.251 e. The van der Waals surface area contributed by atoms with Gasteiger partial charge >= 0.3 is 0 Å². The van der Waals surface area contributed by atoms with E-state index in [1.807, 2.05) is 39.0 Å². The molecule has 0 atom stereocenters. The van der Waals surface area contributed by atoms with E-state index in [0.29, 0.717) is 5.56 Å². The zero-order chi connectivity index (χ0) is 13.1. The Morgan fingerprint density at radius 2 is 2.00 bits per heavy atom. The van der Waals surface area contributed by atoms with Gasteiger partial charge in [-0.3, -0.25) is 4.79 Å². The lowest BCUT2D eigenvalue weighted by molar-refractivity contribution is 0.0911. The van der Waals surface area contributed by atoms with E-state index < -0.39 is 0 Å². The van der Waals surface area contributed by atoms with E-state index in [1.165, 1.54) is 0 Å². The number of rotatable bonds is 4. The number of hydrogen-bond acceptors (Lipinski definition) is 1. The highest BCUT2D eigenvalue weighted by atomic mass is 79.9. The van der Waals surface area contributed by atoms with Crippen LogP contribution in [0, 0.1) is 6.92 Å². The average Bonchev–Trinajstić information content (AvgIpc) is 2.14. The number of hydrogen-bond donors (Lipinski definition) is 1. The molecule has 0 heterocycles. The molecular formula is C13H17Br2NO. The molecule has 0 saturated carbocycles. The standard InChI is InChI=1S/C13H17Br2NO/c1-9-6-10(8-11(15)7-9)12(17)16-13(2,3)4-5-14/h6-8H,4-5H2,1-3H3,(H,16,17). The molecule has 1 rings (SSSR count). The van der Waals surface area contributed by atoms with Crippen LogP contribution >= 0.6 is 31.9 Å².